The molecule has 5 nitrogen and oxygen atoms in total. The normalized spacial score (nSPS) is 15.1. The zero-order valence-corrected chi connectivity index (χ0v) is 18.1. The van der Waals surface area contributed by atoms with E-state index in [1.807, 2.05) is 51.1 Å². The molecule has 1 aromatic carbocycles. The number of hydrogen-bond donors (Lipinski definition) is 1. The van der Waals surface area contributed by atoms with Crippen LogP contribution in [0.4, 0.5) is 10.5 Å². The van der Waals surface area contributed by atoms with Crippen LogP contribution in [0, 0.1) is 0 Å². The van der Waals surface area contributed by atoms with Crippen LogP contribution >= 0.6 is 23.2 Å². The van der Waals surface area contributed by atoms with Crippen LogP contribution in [-0.4, -0.2) is 40.7 Å². The van der Waals surface area contributed by atoms with Crippen LogP contribution in [0.1, 0.15) is 33.6 Å². The number of carbonyl (C=O) groups is 1. The third kappa shape index (κ3) is 4.89. The summed E-state index contributed by atoms with van der Waals surface area (Å²) in [6.45, 7) is 6.23. The highest BCUT2D eigenvalue weighted by atomic mass is 35.5. The van der Waals surface area contributed by atoms with Gasteiger partial charge in [0.1, 0.15) is 10.8 Å². The summed E-state index contributed by atoms with van der Waals surface area (Å²) in [4.78, 5) is 18.4. The molecule has 2 aromatic rings. The lowest BCUT2D eigenvalue weighted by atomic mass is 10.1. The molecule has 7 heteroatoms. The Morgan fingerprint density at radius 3 is 2.46 bits per heavy atom. The summed E-state index contributed by atoms with van der Waals surface area (Å²) in [5.41, 5.74) is 1.87. The number of likely N-dealkylation sites (N-methyl/N-ethyl adjacent to an activating group) is 1. The number of amides is 1. The van der Waals surface area contributed by atoms with Crippen molar-refractivity contribution in [2.24, 2.45) is 0 Å². The minimum Gasteiger partial charge on any atom is -0.444 e. The van der Waals surface area contributed by atoms with Crippen molar-refractivity contribution in [2.75, 3.05) is 18.9 Å². The Morgan fingerprint density at radius 2 is 1.89 bits per heavy atom. The number of anilines is 1. The van der Waals surface area contributed by atoms with E-state index in [1.165, 1.54) is 0 Å². The van der Waals surface area contributed by atoms with Crippen LogP contribution in [0.25, 0.3) is 11.1 Å². The highest BCUT2D eigenvalue weighted by Crippen LogP contribution is 2.42. The molecule has 1 aliphatic carbocycles. The molecule has 28 heavy (non-hydrogen) atoms. The molecule has 1 N–H and O–H groups in total. The van der Waals surface area contributed by atoms with E-state index in [1.54, 1.807) is 18.1 Å². The predicted molar refractivity (Wildman–Crippen MR) is 114 cm³/mol. The summed E-state index contributed by atoms with van der Waals surface area (Å²) in [5.74, 6) is 0. The van der Waals surface area contributed by atoms with Crippen LogP contribution in [0.15, 0.2) is 36.5 Å². The summed E-state index contributed by atoms with van der Waals surface area (Å²) in [6, 6.07) is 9.42. The van der Waals surface area contributed by atoms with E-state index in [4.69, 9.17) is 27.9 Å². The number of nitrogens with zero attached hydrogens (tertiary/aromatic N) is 2. The van der Waals surface area contributed by atoms with Gasteiger partial charge in [-0.15, -0.1) is 0 Å². The molecule has 0 atom stereocenters. The van der Waals surface area contributed by atoms with Crippen LogP contribution < -0.4 is 5.32 Å². The molecule has 150 valence electrons. The molecule has 1 aliphatic rings. The van der Waals surface area contributed by atoms with Crippen molar-refractivity contribution >= 4 is 35.0 Å². The van der Waals surface area contributed by atoms with Gasteiger partial charge in [0.15, 0.2) is 0 Å². The van der Waals surface area contributed by atoms with Gasteiger partial charge in [-0.25, -0.2) is 9.78 Å². The summed E-state index contributed by atoms with van der Waals surface area (Å²) in [7, 11) is 1.79. The first kappa shape index (κ1) is 20.7. The van der Waals surface area contributed by atoms with Gasteiger partial charge < -0.3 is 15.0 Å². The second-order valence-corrected chi connectivity index (χ2v) is 8.98. The fourth-order valence-corrected chi connectivity index (χ4v) is 3.28. The number of carbonyl (C=O) groups excluding carboxylic acids is 1. The molecular formula is C21H25Cl2N3O2. The number of pyridine rings is 1. The first-order chi connectivity index (χ1) is 13.1. The molecule has 1 aromatic heterocycles. The quantitative estimate of drug-likeness (QED) is 0.613. The summed E-state index contributed by atoms with van der Waals surface area (Å²) in [6.07, 6.45) is 3.26. The molecule has 3 rings (SSSR count). The standard InChI is InChI=1S/C21H25Cl2N3O2/c1-20(2,3)28-19(27)26(4)21(9-10-21)13-25-16-11-17(18(23)24-12-16)14-5-7-15(22)8-6-14/h5-8,11-12,25H,9-10,13H2,1-4H3. The molecule has 0 radical (unpaired) electrons. The number of halogens is 2. The molecule has 1 fully saturated rings. The number of ether oxygens (including phenoxy) is 1. The number of hydrogen-bond acceptors (Lipinski definition) is 4. The highest BCUT2D eigenvalue weighted by Gasteiger charge is 2.49. The second-order valence-electron chi connectivity index (χ2n) is 8.19. The van der Waals surface area contributed by atoms with Gasteiger partial charge in [-0.2, -0.15) is 0 Å². The van der Waals surface area contributed by atoms with Gasteiger partial charge in [0.25, 0.3) is 0 Å². The smallest absolute Gasteiger partial charge is 0.410 e. The summed E-state index contributed by atoms with van der Waals surface area (Å²) in [5, 5.41) is 4.50. The maximum atomic E-state index is 12.4. The van der Waals surface area contributed by atoms with Crippen LogP contribution in [0.2, 0.25) is 10.2 Å². The monoisotopic (exact) mass is 421 g/mol. The number of nitrogens with one attached hydrogen (secondary N) is 1. The lowest BCUT2D eigenvalue weighted by Crippen LogP contribution is -2.45. The Labute approximate surface area is 176 Å². The number of benzene rings is 1. The Kier molecular flexibility index (Phi) is 5.78. The molecule has 0 bridgehead atoms. The van der Waals surface area contributed by atoms with E-state index >= 15 is 0 Å². The number of aromatic nitrogens is 1. The maximum absolute atomic E-state index is 12.4. The van der Waals surface area contributed by atoms with Crippen molar-refractivity contribution in [3.05, 3.63) is 46.7 Å². The van der Waals surface area contributed by atoms with Crippen LogP contribution in [0.3, 0.4) is 0 Å². The van der Waals surface area contributed by atoms with E-state index < -0.39 is 5.60 Å². The Balaban J connectivity index is 1.70. The first-order valence-electron chi connectivity index (χ1n) is 9.22. The van der Waals surface area contributed by atoms with E-state index in [0.717, 1.165) is 29.7 Å². The number of rotatable bonds is 5. The fraction of sp³-hybridized carbons (Fsp3) is 0.429. The first-order valence-corrected chi connectivity index (χ1v) is 9.97. The minimum absolute atomic E-state index is 0.234. The molecule has 0 unspecified atom stereocenters. The average molecular weight is 422 g/mol. The van der Waals surface area contributed by atoms with Crippen molar-refractivity contribution in [1.82, 2.24) is 9.88 Å². The van der Waals surface area contributed by atoms with Gasteiger partial charge in [0, 0.05) is 24.2 Å². The van der Waals surface area contributed by atoms with Gasteiger partial charge in [-0.3, -0.25) is 0 Å². The van der Waals surface area contributed by atoms with E-state index in [0.29, 0.717) is 16.7 Å². The Hall–Kier alpha value is -1.98. The molecule has 1 amide bonds. The zero-order chi connectivity index (χ0) is 20.5. The molecule has 0 spiro atoms. The van der Waals surface area contributed by atoms with Gasteiger partial charge in [0.2, 0.25) is 0 Å². The van der Waals surface area contributed by atoms with Gasteiger partial charge in [-0.05, 0) is 57.4 Å². The van der Waals surface area contributed by atoms with Gasteiger partial charge >= 0.3 is 6.09 Å². The highest BCUT2D eigenvalue weighted by molar-refractivity contribution is 6.32. The summed E-state index contributed by atoms with van der Waals surface area (Å²) < 4.78 is 5.50. The third-order valence-electron chi connectivity index (χ3n) is 4.82. The molecule has 1 saturated carbocycles. The van der Waals surface area contributed by atoms with E-state index in [-0.39, 0.29) is 11.6 Å². The lowest BCUT2D eigenvalue weighted by molar-refractivity contribution is 0.0206. The Bertz CT molecular complexity index is 859. The SMILES string of the molecule is CN(C(=O)OC(C)(C)C)C1(CNc2cnc(Cl)c(-c3ccc(Cl)cc3)c2)CC1. The summed E-state index contributed by atoms with van der Waals surface area (Å²) >= 11 is 12.3. The fourth-order valence-electron chi connectivity index (χ4n) is 2.94. The largest absolute Gasteiger partial charge is 0.444 e. The zero-order valence-electron chi connectivity index (χ0n) is 16.6. The van der Waals surface area contributed by atoms with Crippen LogP contribution in [0.5, 0.6) is 0 Å². The molecule has 0 saturated heterocycles. The van der Waals surface area contributed by atoms with Crippen molar-refractivity contribution in [1.29, 1.82) is 0 Å². The Morgan fingerprint density at radius 1 is 1.25 bits per heavy atom. The van der Waals surface area contributed by atoms with Gasteiger partial charge in [0.05, 0.1) is 17.4 Å². The van der Waals surface area contributed by atoms with Crippen molar-refractivity contribution in [2.45, 2.75) is 44.8 Å². The van der Waals surface area contributed by atoms with E-state index in [9.17, 15) is 4.79 Å². The van der Waals surface area contributed by atoms with Crippen molar-refractivity contribution in [3.63, 3.8) is 0 Å². The van der Waals surface area contributed by atoms with Crippen molar-refractivity contribution in [3.8, 4) is 11.1 Å². The van der Waals surface area contributed by atoms with Gasteiger partial charge in [-0.1, -0.05) is 35.3 Å². The lowest BCUT2D eigenvalue weighted by Gasteiger charge is -2.31. The molecule has 0 aliphatic heterocycles. The van der Waals surface area contributed by atoms with Crippen molar-refractivity contribution < 1.29 is 9.53 Å². The average Bonchev–Trinajstić information content (AvgIpc) is 3.41. The topological polar surface area (TPSA) is 54.5 Å². The maximum Gasteiger partial charge on any atom is 0.410 e. The minimum atomic E-state index is -0.511. The van der Waals surface area contributed by atoms with Crippen LogP contribution in [-0.2, 0) is 4.74 Å². The molecular weight excluding hydrogens is 397 g/mol. The predicted octanol–water partition coefficient (Wildman–Crippen LogP) is 5.87. The third-order valence-corrected chi connectivity index (χ3v) is 5.38. The molecule has 1 heterocycles. The second kappa shape index (κ2) is 7.80. The van der Waals surface area contributed by atoms with E-state index in [2.05, 4.69) is 10.3 Å².